The summed E-state index contributed by atoms with van der Waals surface area (Å²) < 4.78 is 2.38. The standard InChI is InChI=1S/C6H4Se2/c7-5-3-1-2-4-6(5)8/h1-4H. The molecule has 0 fully saturated rings. The first-order valence-corrected chi connectivity index (χ1v) is 3.95. The van der Waals surface area contributed by atoms with Crippen LogP contribution >= 0.6 is 0 Å². The van der Waals surface area contributed by atoms with E-state index < -0.39 is 0 Å². The van der Waals surface area contributed by atoms with Gasteiger partial charge in [0, 0.05) is 0 Å². The van der Waals surface area contributed by atoms with Crippen LogP contribution in [0.3, 0.4) is 0 Å². The van der Waals surface area contributed by atoms with Crippen LogP contribution in [0, 0.1) is 0 Å². The molecule has 0 unspecified atom stereocenters. The summed E-state index contributed by atoms with van der Waals surface area (Å²) in [6.07, 6.45) is 0. The average Bonchev–Trinajstić information content (AvgIpc) is 1.77. The van der Waals surface area contributed by atoms with Gasteiger partial charge in [-0.1, -0.05) is 0 Å². The Morgan fingerprint density at radius 1 is 0.875 bits per heavy atom. The molecule has 0 amide bonds. The zero-order chi connectivity index (χ0) is 5.98. The van der Waals surface area contributed by atoms with E-state index in [1.54, 1.807) is 0 Å². The molecule has 0 spiro atoms. The van der Waals surface area contributed by atoms with E-state index in [0.717, 1.165) is 0 Å². The van der Waals surface area contributed by atoms with Crippen LogP contribution in [0.2, 0.25) is 0 Å². The van der Waals surface area contributed by atoms with E-state index in [0.29, 0.717) is 0 Å². The molecule has 0 N–H and O–H groups in total. The van der Waals surface area contributed by atoms with E-state index in [1.165, 1.54) is 8.92 Å². The van der Waals surface area contributed by atoms with Crippen LogP contribution in [0.5, 0.6) is 0 Å². The van der Waals surface area contributed by atoms with Crippen molar-refractivity contribution in [1.82, 2.24) is 0 Å². The summed E-state index contributed by atoms with van der Waals surface area (Å²) in [7, 11) is 0. The molecular weight excluding hydrogens is 230 g/mol. The molecule has 0 aliphatic carbocycles. The van der Waals surface area contributed by atoms with Crippen molar-refractivity contribution < 1.29 is 0 Å². The minimum absolute atomic E-state index is 1.19. The molecule has 0 nitrogen and oxygen atoms in total. The van der Waals surface area contributed by atoms with Gasteiger partial charge in [0.25, 0.3) is 0 Å². The summed E-state index contributed by atoms with van der Waals surface area (Å²) in [5, 5.41) is 0. The zero-order valence-electron chi connectivity index (χ0n) is 4.13. The zero-order valence-corrected chi connectivity index (χ0v) is 7.55. The van der Waals surface area contributed by atoms with Crippen molar-refractivity contribution in [2.45, 2.75) is 0 Å². The Morgan fingerprint density at radius 3 is 1.50 bits per heavy atom. The Morgan fingerprint density at radius 2 is 1.25 bits per heavy atom. The number of hydrogen-bond acceptors (Lipinski definition) is 0. The molecule has 0 bridgehead atoms. The predicted molar refractivity (Wildman–Crippen MR) is 37.2 cm³/mol. The van der Waals surface area contributed by atoms with Gasteiger partial charge in [0.2, 0.25) is 0 Å². The molecule has 0 heterocycles. The summed E-state index contributed by atoms with van der Waals surface area (Å²) in [6, 6.07) is 8.08. The fraction of sp³-hybridized carbons (Fsp3) is 0. The maximum absolute atomic E-state index is 2.94. The van der Waals surface area contributed by atoms with Gasteiger partial charge in [-0.25, -0.2) is 0 Å². The molecule has 1 aromatic carbocycles. The Balaban J connectivity index is 3.13. The third kappa shape index (κ3) is 1.37. The van der Waals surface area contributed by atoms with Gasteiger partial charge in [-0.2, -0.15) is 0 Å². The van der Waals surface area contributed by atoms with Gasteiger partial charge >= 0.3 is 65.2 Å². The third-order valence-electron chi connectivity index (χ3n) is 0.849. The molecule has 0 saturated carbocycles. The van der Waals surface area contributed by atoms with Crippen molar-refractivity contribution in [2.75, 3.05) is 0 Å². The summed E-state index contributed by atoms with van der Waals surface area (Å²) in [5.41, 5.74) is 0. The predicted octanol–water partition coefficient (Wildman–Crippen LogP) is -0.726. The van der Waals surface area contributed by atoms with Crippen LogP contribution in [0.1, 0.15) is 0 Å². The number of rotatable bonds is 0. The van der Waals surface area contributed by atoms with Gasteiger partial charge in [0.15, 0.2) is 0 Å². The van der Waals surface area contributed by atoms with Gasteiger partial charge in [0.05, 0.1) is 0 Å². The van der Waals surface area contributed by atoms with Crippen molar-refractivity contribution in [3.05, 3.63) is 24.3 Å². The van der Waals surface area contributed by atoms with Crippen molar-refractivity contribution in [2.24, 2.45) is 0 Å². The van der Waals surface area contributed by atoms with Crippen molar-refractivity contribution in [1.29, 1.82) is 0 Å². The second-order valence-electron chi connectivity index (χ2n) is 1.45. The van der Waals surface area contributed by atoms with Crippen LogP contribution in [0.15, 0.2) is 24.3 Å². The van der Waals surface area contributed by atoms with E-state index in [4.69, 9.17) is 0 Å². The fourth-order valence-electron chi connectivity index (χ4n) is 0.450. The Kier molecular flexibility index (Phi) is 2.15. The second-order valence-corrected chi connectivity index (χ2v) is 3.29. The monoisotopic (exact) mass is 236 g/mol. The van der Waals surface area contributed by atoms with Crippen molar-refractivity contribution >= 4 is 40.9 Å². The topological polar surface area (TPSA) is 0 Å². The van der Waals surface area contributed by atoms with Crippen LogP contribution < -0.4 is 8.92 Å². The van der Waals surface area contributed by atoms with Crippen LogP contribution in [-0.4, -0.2) is 32.0 Å². The van der Waals surface area contributed by atoms with Crippen LogP contribution in [0.4, 0.5) is 0 Å². The van der Waals surface area contributed by atoms with E-state index in [1.807, 2.05) is 24.3 Å². The van der Waals surface area contributed by atoms with E-state index >= 15 is 0 Å². The first kappa shape index (κ1) is 6.38. The summed E-state index contributed by atoms with van der Waals surface area (Å²) in [5.74, 6) is 0. The third-order valence-corrected chi connectivity index (χ3v) is 3.00. The molecule has 40 valence electrons. The molecule has 2 heteroatoms. The van der Waals surface area contributed by atoms with E-state index in [2.05, 4.69) is 32.0 Å². The Bertz CT molecular complexity index is 163. The molecule has 0 aliphatic rings. The first-order chi connectivity index (χ1) is 3.80. The van der Waals surface area contributed by atoms with Gasteiger partial charge < -0.3 is 0 Å². The summed E-state index contributed by atoms with van der Waals surface area (Å²) in [6.45, 7) is 0. The molecule has 0 saturated heterocycles. The van der Waals surface area contributed by atoms with Crippen LogP contribution in [-0.2, 0) is 0 Å². The molecule has 0 aliphatic heterocycles. The minimum atomic E-state index is 1.19. The quantitative estimate of drug-likeness (QED) is 0.519. The van der Waals surface area contributed by atoms with E-state index in [9.17, 15) is 0 Å². The van der Waals surface area contributed by atoms with Crippen LogP contribution in [0.25, 0.3) is 0 Å². The average molecular weight is 234 g/mol. The fourth-order valence-corrected chi connectivity index (χ4v) is 1.07. The molecule has 1 rings (SSSR count). The molecular formula is C6H4Se2. The molecule has 0 atom stereocenters. The van der Waals surface area contributed by atoms with Gasteiger partial charge in [-0.15, -0.1) is 0 Å². The summed E-state index contributed by atoms with van der Waals surface area (Å²) >= 11 is 5.88. The second kappa shape index (κ2) is 2.70. The van der Waals surface area contributed by atoms with Gasteiger partial charge in [0.1, 0.15) is 0 Å². The molecule has 1 aromatic rings. The normalized spacial score (nSPS) is 9.00. The SMILES string of the molecule is [Se]c1ccccc1[Se]. The number of hydrogen-bond donors (Lipinski definition) is 0. The van der Waals surface area contributed by atoms with Crippen molar-refractivity contribution in [3.8, 4) is 0 Å². The van der Waals surface area contributed by atoms with Gasteiger partial charge in [-0.3, -0.25) is 0 Å². The first-order valence-electron chi connectivity index (χ1n) is 2.24. The van der Waals surface area contributed by atoms with E-state index in [-0.39, 0.29) is 0 Å². The Hall–Kier alpha value is 0.259. The van der Waals surface area contributed by atoms with Gasteiger partial charge in [-0.05, 0) is 0 Å². The number of benzene rings is 1. The summed E-state index contributed by atoms with van der Waals surface area (Å²) in [4.78, 5) is 0. The van der Waals surface area contributed by atoms with Crippen molar-refractivity contribution in [3.63, 3.8) is 0 Å². The molecule has 2 radical (unpaired) electrons. The molecule has 0 aromatic heterocycles. The Labute approximate surface area is 65.3 Å². The maximum atomic E-state index is 2.94. The molecule has 8 heavy (non-hydrogen) atoms.